The van der Waals surface area contributed by atoms with E-state index < -0.39 is 5.97 Å². The van der Waals surface area contributed by atoms with Gasteiger partial charge in [-0.25, -0.2) is 0 Å². The smallest absolute Gasteiger partial charge is 0.306 e. The van der Waals surface area contributed by atoms with Crippen molar-refractivity contribution in [3.63, 3.8) is 0 Å². The van der Waals surface area contributed by atoms with Crippen molar-refractivity contribution in [1.82, 2.24) is 0 Å². The molecular formula is C26H52O2. The van der Waals surface area contributed by atoms with Crippen LogP contribution in [0.1, 0.15) is 149 Å². The molecule has 0 saturated heterocycles. The van der Waals surface area contributed by atoms with E-state index in [1.54, 1.807) is 0 Å². The van der Waals surface area contributed by atoms with Gasteiger partial charge in [-0.05, 0) is 18.8 Å². The molecule has 0 saturated carbocycles. The predicted octanol–water partition coefficient (Wildman–Crippen LogP) is 9.17. The van der Waals surface area contributed by atoms with Crippen LogP contribution < -0.4 is 0 Å². The molecule has 0 aliphatic carbocycles. The van der Waals surface area contributed by atoms with E-state index in [2.05, 4.69) is 20.8 Å². The molecule has 28 heavy (non-hydrogen) atoms. The quantitative estimate of drug-likeness (QED) is 0.185. The molecule has 2 heteroatoms. The number of carboxylic acids is 1. The summed E-state index contributed by atoms with van der Waals surface area (Å²) in [5.74, 6) is -0.0454. The summed E-state index contributed by atoms with van der Waals surface area (Å²) < 4.78 is 0. The van der Waals surface area contributed by atoms with Crippen LogP contribution in [-0.4, -0.2) is 11.1 Å². The third-order valence-corrected chi connectivity index (χ3v) is 6.29. The topological polar surface area (TPSA) is 37.3 Å². The zero-order chi connectivity index (χ0) is 20.9. The molecule has 0 aromatic carbocycles. The molecule has 0 radical (unpaired) electrons. The van der Waals surface area contributed by atoms with Gasteiger partial charge < -0.3 is 5.11 Å². The van der Waals surface area contributed by atoms with Crippen molar-refractivity contribution < 1.29 is 9.90 Å². The fourth-order valence-electron chi connectivity index (χ4n) is 4.45. The Morgan fingerprint density at radius 1 is 0.571 bits per heavy atom. The van der Waals surface area contributed by atoms with Crippen LogP contribution in [0.4, 0.5) is 0 Å². The third kappa shape index (κ3) is 17.6. The maximum absolute atomic E-state index is 11.7. The van der Waals surface area contributed by atoms with Crippen LogP contribution in [0, 0.1) is 11.8 Å². The van der Waals surface area contributed by atoms with Crippen molar-refractivity contribution in [1.29, 1.82) is 0 Å². The fraction of sp³-hybridized carbons (Fsp3) is 0.962. The first-order valence-corrected chi connectivity index (χ1v) is 12.9. The summed E-state index contributed by atoms with van der Waals surface area (Å²) in [6.45, 7) is 6.74. The molecule has 168 valence electrons. The average Bonchev–Trinajstić information content (AvgIpc) is 2.67. The minimum atomic E-state index is -0.556. The summed E-state index contributed by atoms with van der Waals surface area (Å²) in [7, 11) is 0. The Morgan fingerprint density at radius 3 is 1.46 bits per heavy atom. The van der Waals surface area contributed by atoms with Crippen molar-refractivity contribution in [2.45, 2.75) is 149 Å². The lowest BCUT2D eigenvalue weighted by Crippen LogP contribution is -2.18. The number of unbranched alkanes of at least 4 members (excludes halogenated alkanes) is 13. The van der Waals surface area contributed by atoms with Crippen molar-refractivity contribution in [3.8, 4) is 0 Å². The Labute approximate surface area is 177 Å². The molecule has 0 rings (SSSR count). The van der Waals surface area contributed by atoms with Crippen LogP contribution >= 0.6 is 0 Å². The molecule has 0 amide bonds. The molecule has 0 bridgehead atoms. The zero-order valence-corrected chi connectivity index (χ0v) is 19.7. The zero-order valence-electron chi connectivity index (χ0n) is 19.7. The molecule has 0 heterocycles. The minimum Gasteiger partial charge on any atom is -0.481 e. The van der Waals surface area contributed by atoms with Crippen molar-refractivity contribution in [2.24, 2.45) is 11.8 Å². The van der Waals surface area contributed by atoms with E-state index in [-0.39, 0.29) is 5.92 Å². The highest BCUT2D eigenvalue weighted by Gasteiger charge is 2.21. The molecule has 0 spiro atoms. The molecule has 0 fully saturated rings. The first-order valence-electron chi connectivity index (χ1n) is 12.9. The second-order valence-corrected chi connectivity index (χ2v) is 9.10. The highest BCUT2D eigenvalue weighted by atomic mass is 16.4. The standard InChI is InChI=1S/C26H52O2/c1-4-7-9-10-11-12-13-14-15-16-17-19-22-25(26(27)28)23-24(20-6-3)21-18-8-5-2/h24-25H,4-23H2,1-3H3,(H,27,28). The lowest BCUT2D eigenvalue weighted by molar-refractivity contribution is -0.142. The summed E-state index contributed by atoms with van der Waals surface area (Å²) in [6, 6.07) is 0. The Balaban J connectivity index is 3.78. The summed E-state index contributed by atoms with van der Waals surface area (Å²) in [6.07, 6.45) is 25.3. The lowest BCUT2D eigenvalue weighted by Gasteiger charge is -2.21. The first-order chi connectivity index (χ1) is 13.7. The molecular weight excluding hydrogens is 344 g/mol. The van der Waals surface area contributed by atoms with Gasteiger partial charge in [0, 0.05) is 0 Å². The predicted molar refractivity (Wildman–Crippen MR) is 124 cm³/mol. The second kappa shape index (κ2) is 21.2. The van der Waals surface area contributed by atoms with Crippen LogP contribution in [0.15, 0.2) is 0 Å². The monoisotopic (exact) mass is 396 g/mol. The van der Waals surface area contributed by atoms with Crippen LogP contribution in [-0.2, 0) is 4.79 Å². The van der Waals surface area contributed by atoms with E-state index >= 15 is 0 Å². The molecule has 0 aliphatic rings. The third-order valence-electron chi connectivity index (χ3n) is 6.29. The first kappa shape index (κ1) is 27.5. The van der Waals surface area contributed by atoms with Crippen LogP contribution in [0.2, 0.25) is 0 Å². The van der Waals surface area contributed by atoms with Crippen molar-refractivity contribution >= 4 is 5.97 Å². The highest BCUT2D eigenvalue weighted by molar-refractivity contribution is 5.69. The van der Waals surface area contributed by atoms with Gasteiger partial charge in [0.1, 0.15) is 0 Å². The Kier molecular flexibility index (Phi) is 20.8. The Morgan fingerprint density at radius 2 is 1.00 bits per heavy atom. The number of carbonyl (C=O) groups is 1. The van der Waals surface area contributed by atoms with E-state index in [0.29, 0.717) is 5.92 Å². The molecule has 2 nitrogen and oxygen atoms in total. The van der Waals surface area contributed by atoms with Gasteiger partial charge >= 0.3 is 5.97 Å². The number of carboxylic acid groups (broad SMARTS) is 1. The van der Waals surface area contributed by atoms with Crippen LogP contribution in [0.3, 0.4) is 0 Å². The van der Waals surface area contributed by atoms with Gasteiger partial charge in [-0.15, -0.1) is 0 Å². The number of hydrogen-bond donors (Lipinski definition) is 1. The number of rotatable bonds is 22. The van der Waals surface area contributed by atoms with Gasteiger partial charge in [0.2, 0.25) is 0 Å². The van der Waals surface area contributed by atoms with E-state index in [4.69, 9.17) is 0 Å². The summed E-state index contributed by atoms with van der Waals surface area (Å²) >= 11 is 0. The van der Waals surface area contributed by atoms with Gasteiger partial charge in [-0.1, -0.05) is 136 Å². The lowest BCUT2D eigenvalue weighted by atomic mass is 9.85. The van der Waals surface area contributed by atoms with Gasteiger partial charge in [0.25, 0.3) is 0 Å². The number of aliphatic carboxylic acids is 1. The normalized spacial score (nSPS) is 13.5. The van der Waals surface area contributed by atoms with Gasteiger partial charge in [-0.3, -0.25) is 4.79 Å². The maximum atomic E-state index is 11.7. The summed E-state index contributed by atoms with van der Waals surface area (Å²) in [4.78, 5) is 11.7. The maximum Gasteiger partial charge on any atom is 0.306 e. The molecule has 1 N–H and O–H groups in total. The largest absolute Gasteiger partial charge is 0.481 e. The van der Waals surface area contributed by atoms with Crippen molar-refractivity contribution in [2.75, 3.05) is 0 Å². The fourth-order valence-corrected chi connectivity index (χ4v) is 4.45. The highest BCUT2D eigenvalue weighted by Crippen LogP contribution is 2.27. The van der Waals surface area contributed by atoms with E-state index in [1.165, 1.54) is 109 Å². The Hall–Kier alpha value is -0.530. The van der Waals surface area contributed by atoms with E-state index in [0.717, 1.165) is 19.3 Å². The second-order valence-electron chi connectivity index (χ2n) is 9.10. The Bertz CT molecular complexity index is 326. The van der Waals surface area contributed by atoms with Crippen molar-refractivity contribution in [3.05, 3.63) is 0 Å². The van der Waals surface area contributed by atoms with Gasteiger partial charge in [-0.2, -0.15) is 0 Å². The van der Waals surface area contributed by atoms with Gasteiger partial charge in [0.15, 0.2) is 0 Å². The van der Waals surface area contributed by atoms with E-state index in [9.17, 15) is 9.90 Å². The summed E-state index contributed by atoms with van der Waals surface area (Å²) in [5.41, 5.74) is 0. The van der Waals surface area contributed by atoms with E-state index in [1.807, 2.05) is 0 Å². The molecule has 0 aromatic heterocycles. The number of hydrogen-bond acceptors (Lipinski definition) is 1. The molecule has 2 unspecified atom stereocenters. The molecule has 0 aliphatic heterocycles. The molecule has 2 atom stereocenters. The van der Waals surface area contributed by atoms with Crippen LogP contribution in [0.25, 0.3) is 0 Å². The summed E-state index contributed by atoms with van der Waals surface area (Å²) in [5, 5.41) is 9.64. The average molecular weight is 397 g/mol. The van der Waals surface area contributed by atoms with Crippen LogP contribution in [0.5, 0.6) is 0 Å². The molecule has 0 aromatic rings. The SMILES string of the molecule is CCCCCCCCCCCCCCC(CC(CCC)CCCCC)C(=O)O. The van der Waals surface area contributed by atoms with Gasteiger partial charge in [0.05, 0.1) is 5.92 Å². The minimum absolute atomic E-state index is 0.110.